The smallest absolute Gasteiger partial charge is 0.260 e. The highest BCUT2D eigenvalue weighted by atomic mass is 16.5. The normalized spacial score (nSPS) is 10.5. The van der Waals surface area contributed by atoms with E-state index in [-0.39, 0.29) is 25.0 Å². The van der Waals surface area contributed by atoms with E-state index in [1.54, 1.807) is 20.0 Å². The monoisotopic (exact) mass is 353 g/mol. The number of ether oxygens (including phenoxy) is 1. The lowest BCUT2D eigenvalue weighted by atomic mass is 10.1. The van der Waals surface area contributed by atoms with Crippen LogP contribution in [0.3, 0.4) is 0 Å². The van der Waals surface area contributed by atoms with Gasteiger partial charge < -0.3 is 19.5 Å². The molecular weight excluding hydrogens is 334 g/mol. The number of fused-ring (bicyclic) bond motifs is 1. The number of rotatable bonds is 6. The second-order valence-corrected chi connectivity index (χ2v) is 5.92. The van der Waals surface area contributed by atoms with Crippen LogP contribution in [-0.2, 0) is 9.59 Å². The highest BCUT2D eigenvalue weighted by molar-refractivity contribution is 5.94. The van der Waals surface area contributed by atoms with Crippen LogP contribution in [0.1, 0.15) is 5.76 Å². The molecule has 0 aliphatic rings. The van der Waals surface area contributed by atoms with E-state index in [4.69, 9.17) is 9.26 Å². The topological polar surface area (TPSA) is 84.7 Å². The lowest BCUT2D eigenvalue weighted by Crippen LogP contribution is -2.37. The number of aromatic nitrogens is 1. The van der Waals surface area contributed by atoms with Crippen LogP contribution >= 0.6 is 0 Å². The molecule has 3 rings (SSSR count). The summed E-state index contributed by atoms with van der Waals surface area (Å²) in [4.78, 5) is 25.4. The fourth-order valence-electron chi connectivity index (χ4n) is 2.42. The molecule has 0 radical (unpaired) electrons. The number of amides is 2. The van der Waals surface area contributed by atoms with Crippen molar-refractivity contribution in [3.05, 3.63) is 54.3 Å². The molecule has 0 saturated heterocycles. The number of nitrogens with one attached hydrogen (secondary N) is 1. The van der Waals surface area contributed by atoms with Gasteiger partial charge in [-0.2, -0.15) is 0 Å². The van der Waals surface area contributed by atoms with Gasteiger partial charge in [-0.1, -0.05) is 35.5 Å². The molecule has 2 amide bonds. The summed E-state index contributed by atoms with van der Waals surface area (Å²) in [6.45, 7) is 1.47. The minimum atomic E-state index is -0.361. The van der Waals surface area contributed by atoms with Gasteiger partial charge in [0.25, 0.3) is 5.91 Å². The van der Waals surface area contributed by atoms with E-state index >= 15 is 0 Å². The summed E-state index contributed by atoms with van der Waals surface area (Å²) in [6, 6.07) is 15.1. The third kappa shape index (κ3) is 4.38. The standard InChI is InChI=1S/C19H19N3O4/c1-13-9-17(21-26-13)20-18(23)11-22(2)19(24)12-25-16-8-7-14-5-3-4-6-15(14)10-16/h3-10H,11-12H2,1-2H3,(H,20,21,23). The zero-order valence-corrected chi connectivity index (χ0v) is 14.6. The molecular formula is C19H19N3O4. The summed E-state index contributed by atoms with van der Waals surface area (Å²) < 4.78 is 10.4. The predicted molar refractivity (Wildman–Crippen MR) is 96.9 cm³/mol. The number of carbonyl (C=O) groups is 2. The molecule has 26 heavy (non-hydrogen) atoms. The Balaban J connectivity index is 1.50. The quantitative estimate of drug-likeness (QED) is 0.736. The van der Waals surface area contributed by atoms with E-state index in [2.05, 4.69) is 10.5 Å². The Morgan fingerprint density at radius 2 is 1.92 bits per heavy atom. The van der Waals surface area contributed by atoms with Crippen molar-refractivity contribution in [3.8, 4) is 5.75 Å². The average Bonchev–Trinajstić information content (AvgIpc) is 3.03. The largest absolute Gasteiger partial charge is 0.484 e. The van der Waals surface area contributed by atoms with Gasteiger partial charge in [-0.15, -0.1) is 0 Å². The average molecular weight is 353 g/mol. The lowest BCUT2D eigenvalue weighted by molar-refractivity contribution is -0.135. The van der Waals surface area contributed by atoms with Gasteiger partial charge in [0.2, 0.25) is 5.91 Å². The van der Waals surface area contributed by atoms with Gasteiger partial charge in [-0.3, -0.25) is 9.59 Å². The Bertz CT molecular complexity index is 935. The molecule has 0 saturated carbocycles. The third-order valence-corrected chi connectivity index (χ3v) is 3.79. The van der Waals surface area contributed by atoms with E-state index in [9.17, 15) is 9.59 Å². The molecule has 0 aliphatic heterocycles. The van der Waals surface area contributed by atoms with Crippen molar-refractivity contribution in [3.63, 3.8) is 0 Å². The van der Waals surface area contributed by atoms with E-state index in [1.165, 1.54) is 4.90 Å². The molecule has 0 spiro atoms. The molecule has 7 heteroatoms. The van der Waals surface area contributed by atoms with Gasteiger partial charge in [0.1, 0.15) is 11.5 Å². The number of nitrogens with zero attached hydrogens (tertiary/aromatic N) is 2. The van der Waals surface area contributed by atoms with Crippen LogP contribution in [0.2, 0.25) is 0 Å². The molecule has 2 aromatic carbocycles. The van der Waals surface area contributed by atoms with Gasteiger partial charge in [-0.25, -0.2) is 0 Å². The number of hydrogen-bond acceptors (Lipinski definition) is 5. The molecule has 7 nitrogen and oxygen atoms in total. The molecule has 0 aliphatic carbocycles. The summed E-state index contributed by atoms with van der Waals surface area (Å²) in [6.07, 6.45) is 0. The molecule has 3 aromatic rings. The molecule has 134 valence electrons. The van der Waals surface area contributed by atoms with E-state index in [0.717, 1.165) is 10.8 Å². The SMILES string of the molecule is Cc1cc(NC(=O)CN(C)C(=O)COc2ccc3ccccc3c2)no1. The number of carbonyl (C=O) groups excluding carboxylic acids is 2. The second-order valence-electron chi connectivity index (χ2n) is 5.92. The molecule has 0 bridgehead atoms. The van der Waals surface area contributed by atoms with Crippen molar-refractivity contribution in [2.24, 2.45) is 0 Å². The molecule has 1 aromatic heterocycles. The Kier molecular flexibility index (Phi) is 5.17. The zero-order valence-electron chi connectivity index (χ0n) is 14.6. The summed E-state index contributed by atoms with van der Waals surface area (Å²) in [5.74, 6) is 0.853. The first-order chi connectivity index (χ1) is 12.5. The first-order valence-corrected chi connectivity index (χ1v) is 8.10. The van der Waals surface area contributed by atoms with Gasteiger partial charge in [-0.05, 0) is 29.8 Å². The Morgan fingerprint density at radius 3 is 2.65 bits per heavy atom. The van der Waals surface area contributed by atoms with Crippen molar-refractivity contribution < 1.29 is 18.8 Å². The number of aryl methyl sites for hydroxylation is 1. The van der Waals surface area contributed by atoms with Gasteiger partial charge >= 0.3 is 0 Å². The number of likely N-dealkylation sites (N-methyl/N-ethyl adjacent to an activating group) is 1. The highest BCUT2D eigenvalue weighted by Crippen LogP contribution is 2.20. The summed E-state index contributed by atoms with van der Waals surface area (Å²) in [5, 5.41) is 8.37. The minimum Gasteiger partial charge on any atom is -0.484 e. The van der Waals surface area contributed by atoms with Crippen LogP contribution in [0.5, 0.6) is 5.75 Å². The van der Waals surface area contributed by atoms with Crippen molar-refractivity contribution in [1.82, 2.24) is 10.1 Å². The third-order valence-electron chi connectivity index (χ3n) is 3.79. The fraction of sp³-hybridized carbons (Fsp3) is 0.211. The first kappa shape index (κ1) is 17.5. The van der Waals surface area contributed by atoms with Gasteiger partial charge in [0.05, 0.1) is 6.54 Å². The maximum absolute atomic E-state index is 12.2. The number of hydrogen-bond donors (Lipinski definition) is 1. The van der Waals surface area contributed by atoms with Crippen molar-refractivity contribution in [2.45, 2.75) is 6.92 Å². The molecule has 0 unspecified atom stereocenters. The number of benzene rings is 2. The van der Waals surface area contributed by atoms with E-state index < -0.39 is 0 Å². The summed E-state index contributed by atoms with van der Waals surface area (Å²) in [5.41, 5.74) is 0. The van der Waals surface area contributed by atoms with Crippen molar-refractivity contribution in [1.29, 1.82) is 0 Å². The maximum atomic E-state index is 12.2. The van der Waals surface area contributed by atoms with Crippen LogP contribution < -0.4 is 10.1 Å². The van der Waals surface area contributed by atoms with Gasteiger partial charge in [0.15, 0.2) is 12.4 Å². The second kappa shape index (κ2) is 7.69. The molecule has 0 fully saturated rings. The molecule has 1 N–H and O–H groups in total. The molecule has 0 atom stereocenters. The minimum absolute atomic E-state index is 0.105. The van der Waals surface area contributed by atoms with E-state index in [1.807, 2.05) is 42.5 Å². The first-order valence-electron chi connectivity index (χ1n) is 8.10. The summed E-state index contributed by atoms with van der Waals surface area (Å²) in [7, 11) is 1.54. The zero-order chi connectivity index (χ0) is 18.5. The Hall–Kier alpha value is -3.35. The van der Waals surface area contributed by atoms with Crippen LogP contribution in [-0.4, -0.2) is 42.1 Å². The Labute approximate surface area is 150 Å². The van der Waals surface area contributed by atoms with Crippen LogP contribution in [0, 0.1) is 6.92 Å². The Morgan fingerprint density at radius 1 is 1.15 bits per heavy atom. The van der Waals surface area contributed by atoms with Crippen LogP contribution in [0.4, 0.5) is 5.82 Å². The van der Waals surface area contributed by atoms with Crippen LogP contribution in [0.25, 0.3) is 10.8 Å². The van der Waals surface area contributed by atoms with Crippen LogP contribution in [0.15, 0.2) is 53.1 Å². The summed E-state index contributed by atoms with van der Waals surface area (Å²) >= 11 is 0. The maximum Gasteiger partial charge on any atom is 0.260 e. The van der Waals surface area contributed by atoms with Crippen molar-refractivity contribution >= 4 is 28.4 Å². The van der Waals surface area contributed by atoms with E-state index in [0.29, 0.717) is 17.3 Å². The number of anilines is 1. The van der Waals surface area contributed by atoms with Crippen molar-refractivity contribution in [2.75, 3.05) is 25.5 Å². The fourth-order valence-corrected chi connectivity index (χ4v) is 2.42. The van der Waals surface area contributed by atoms with Gasteiger partial charge in [0, 0.05) is 13.1 Å². The lowest BCUT2D eigenvalue weighted by Gasteiger charge is -2.16. The highest BCUT2D eigenvalue weighted by Gasteiger charge is 2.15. The molecule has 1 heterocycles. The predicted octanol–water partition coefficient (Wildman–Crippen LogP) is 2.61.